The third-order valence-electron chi connectivity index (χ3n) is 3.36. The van der Waals surface area contributed by atoms with E-state index in [2.05, 4.69) is 31.3 Å². The summed E-state index contributed by atoms with van der Waals surface area (Å²) in [5.41, 5.74) is 4.89. The highest BCUT2D eigenvalue weighted by molar-refractivity contribution is 6.43. The maximum atomic E-state index is 12.1. The van der Waals surface area contributed by atoms with Crippen molar-refractivity contribution in [1.29, 1.82) is 0 Å². The highest BCUT2D eigenvalue weighted by Crippen LogP contribution is 2.24. The molecule has 0 fully saturated rings. The molecule has 2 rings (SSSR count). The third kappa shape index (κ3) is 4.57. The normalized spacial score (nSPS) is 11.7. The van der Waals surface area contributed by atoms with Gasteiger partial charge in [-0.3, -0.25) is 4.79 Å². The maximum absolute atomic E-state index is 12.1. The van der Waals surface area contributed by atoms with Gasteiger partial charge in [0, 0.05) is 11.1 Å². The summed E-state index contributed by atoms with van der Waals surface area (Å²) in [7, 11) is 0. The number of halogens is 2. The van der Waals surface area contributed by atoms with E-state index in [1.165, 1.54) is 11.8 Å². The first kappa shape index (κ1) is 17.5. The molecule has 1 N–H and O–H groups in total. The molecular weight excluding hydrogens is 331 g/mol. The van der Waals surface area contributed by atoms with Crippen LogP contribution in [0.25, 0.3) is 0 Å². The van der Waals surface area contributed by atoms with E-state index in [0.717, 1.165) is 0 Å². The quantitative estimate of drug-likeness (QED) is 0.611. The van der Waals surface area contributed by atoms with Crippen LogP contribution in [0.5, 0.6) is 0 Å². The van der Waals surface area contributed by atoms with E-state index in [0.29, 0.717) is 21.2 Å². The summed E-state index contributed by atoms with van der Waals surface area (Å²) in [5, 5.41) is 4.77. The van der Waals surface area contributed by atoms with Crippen molar-refractivity contribution < 1.29 is 4.79 Å². The van der Waals surface area contributed by atoms with E-state index in [-0.39, 0.29) is 11.3 Å². The second kappa shape index (κ2) is 7.16. The summed E-state index contributed by atoms with van der Waals surface area (Å²) in [6.45, 7) is 6.38. The fourth-order valence-corrected chi connectivity index (χ4v) is 2.32. The molecule has 2 aromatic carbocycles. The Morgan fingerprint density at radius 3 is 2.35 bits per heavy atom. The Labute approximate surface area is 146 Å². The van der Waals surface area contributed by atoms with Gasteiger partial charge in [0.15, 0.2) is 0 Å². The van der Waals surface area contributed by atoms with Gasteiger partial charge >= 0.3 is 0 Å². The van der Waals surface area contributed by atoms with Crippen LogP contribution in [-0.4, -0.2) is 12.1 Å². The Hall–Kier alpha value is -1.84. The Kier molecular flexibility index (Phi) is 5.45. The maximum Gasteiger partial charge on any atom is 0.271 e. The van der Waals surface area contributed by atoms with Crippen LogP contribution in [0.15, 0.2) is 47.6 Å². The van der Waals surface area contributed by atoms with Gasteiger partial charge < -0.3 is 0 Å². The van der Waals surface area contributed by atoms with Gasteiger partial charge in [0.25, 0.3) is 5.91 Å². The lowest BCUT2D eigenvalue weighted by atomic mass is 9.87. The summed E-state index contributed by atoms with van der Waals surface area (Å²) >= 11 is 12.0. The lowest BCUT2D eigenvalue weighted by Gasteiger charge is -2.18. The Bertz CT molecular complexity index is 732. The fraction of sp³-hybridized carbons (Fsp3) is 0.222. The van der Waals surface area contributed by atoms with Crippen LogP contribution in [0, 0.1) is 0 Å². The van der Waals surface area contributed by atoms with Gasteiger partial charge in [-0.05, 0) is 29.2 Å². The highest BCUT2D eigenvalue weighted by Gasteiger charge is 2.14. The van der Waals surface area contributed by atoms with E-state index in [1.54, 1.807) is 30.3 Å². The van der Waals surface area contributed by atoms with Gasteiger partial charge in [-0.15, -0.1) is 0 Å². The number of nitrogens with zero attached hydrogens (tertiary/aromatic N) is 1. The van der Waals surface area contributed by atoms with E-state index in [1.807, 2.05) is 12.1 Å². The molecule has 0 spiro atoms. The molecule has 23 heavy (non-hydrogen) atoms. The Balaban J connectivity index is 2.05. The van der Waals surface area contributed by atoms with E-state index >= 15 is 0 Å². The van der Waals surface area contributed by atoms with Crippen molar-refractivity contribution in [3.8, 4) is 0 Å². The number of carbonyl (C=O) groups is 1. The predicted molar refractivity (Wildman–Crippen MR) is 96.7 cm³/mol. The van der Waals surface area contributed by atoms with Crippen molar-refractivity contribution in [2.45, 2.75) is 26.2 Å². The van der Waals surface area contributed by atoms with Crippen LogP contribution < -0.4 is 5.43 Å². The summed E-state index contributed by atoms with van der Waals surface area (Å²) < 4.78 is 0. The first-order valence-electron chi connectivity index (χ1n) is 7.17. The minimum absolute atomic E-state index is 0.0521. The third-order valence-corrected chi connectivity index (χ3v) is 4.20. The molecule has 2 aromatic rings. The molecule has 0 aliphatic carbocycles. The molecule has 0 atom stereocenters. The molecule has 0 heterocycles. The van der Waals surface area contributed by atoms with Crippen molar-refractivity contribution in [2.24, 2.45) is 5.10 Å². The number of rotatable bonds is 3. The van der Waals surface area contributed by atoms with Crippen LogP contribution in [-0.2, 0) is 5.41 Å². The highest BCUT2D eigenvalue weighted by atomic mass is 35.5. The lowest BCUT2D eigenvalue weighted by molar-refractivity contribution is 0.0955. The zero-order valence-corrected chi connectivity index (χ0v) is 14.7. The molecule has 0 unspecified atom stereocenters. The molecule has 0 aliphatic heterocycles. The number of hydrogen-bond donors (Lipinski definition) is 1. The molecule has 5 heteroatoms. The zero-order valence-electron chi connectivity index (χ0n) is 13.2. The largest absolute Gasteiger partial charge is 0.271 e. The molecule has 120 valence electrons. The molecule has 0 aliphatic rings. The minimum atomic E-state index is -0.278. The first-order chi connectivity index (χ1) is 10.8. The summed E-state index contributed by atoms with van der Waals surface area (Å²) in [5.74, 6) is -0.278. The number of hydrogen-bond acceptors (Lipinski definition) is 2. The van der Waals surface area contributed by atoms with Gasteiger partial charge in [0.05, 0.1) is 16.3 Å². The van der Waals surface area contributed by atoms with Gasteiger partial charge in [-0.1, -0.05) is 68.2 Å². The van der Waals surface area contributed by atoms with Gasteiger partial charge in [0.2, 0.25) is 0 Å². The van der Waals surface area contributed by atoms with Crippen LogP contribution >= 0.6 is 23.2 Å². The SMILES string of the molecule is CC(C)(C)c1ccc(C(=O)NN=Cc2cccc(Cl)c2Cl)cc1. The van der Waals surface area contributed by atoms with Crippen LogP contribution in [0.4, 0.5) is 0 Å². The topological polar surface area (TPSA) is 41.5 Å². The number of amides is 1. The van der Waals surface area contributed by atoms with Crippen molar-refractivity contribution in [1.82, 2.24) is 5.43 Å². The van der Waals surface area contributed by atoms with Gasteiger partial charge in [-0.2, -0.15) is 5.10 Å². The van der Waals surface area contributed by atoms with Crippen molar-refractivity contribution in [2.75, 3.05) is 0 Å². The summed E-state index contributed by atoms with van der Waals surface area (Å²) in [4.78, 5) is 12.1. The molecule has 0 saturated heterocycles. The Morgan fingerprint density at radius 2 is 1.74 bits per heavy atom. The first-order valence-corrected chi connectivity index (χ1v) is 7.92. The molecule has 0 aromatic heterocycles. The molecule has 0 radical (unpaired) electrons. The molecule has 1 amide bonds. The van der Waals surface area contributed by atoms with E-state index in [4.69, 9.17) is 23.2 Å². The van der Waals surface area contributed by atoms with Gasteiger partial charge in [0.1, 0.15) is 0 Å². The monoisotopic (exact) mass is 348 g/mol. The fourth-order valence-electron chi connectivity index (χ4n) is 1.97. The summed E-state index contributed by atoms with van der Waals surface area (Å²) in [6.07, 6.45) is 1.47. The zero-order chi connectivity index (χ0) is 17.0. The minimum Gasteiger partial charge on any atom is -0.267 e. The average Bonchev–Trinajstić information content (AvgIpc) is 2.50. The van der Waals surface area contributed by atoms with Crippen LogP contribution in [0.2, 0.25) is 10.0 Å². The standard InChI is InChI=1S/C18H18Cl2N2O/c1-18(2,3)14-9-7-12(8-10-14)17(23)22-21-11-13-5-4-6-15(19)16(13)20/h4-11H,1-3H3,(H,22,23). The van der Waals surface area contributed by atoms with Crippen LogP contribution in [0.3, 0.4) is 0 Å². The van der Waals surface area contributed by atoms with E-state index in [9.17, 15) is 4.79 Å². The second-order valence-corrected chi connectivity index (χ2v) is 6.95. The predicted octanol–water partition coefficient (Wildman–Crippen LogP) is 5.05. The van der Waals surface area contributed by atoms with E-state index < -0.39 is 0 Å². The molecular formula is C18H18Cl2N2O. The lowest BCUT2D eigenvalue weighted by Crippen LogP contribution is -2.18. The smallest absolute Gasteiger partial charge is 0.267 e. The number of benzene rings is 2. The number of hydrazone groups is 1. The Morgan fingerprint density at radius 1 is 1.09 bits per heavy atom. The molecule has 0 bridgehead atoms. The summed E-state index contributed by atoms with van der Waals surface area (Å²) in [6, 6.07) is 12.7. The van der Waals surface area contributed by atoms with Crippen LogP contribution in [0.1, 0.15) is 42.3 Å². The molecule has 3 nitrogen and oxygen atoms in total. The van der Waals surface area contributed by atoms with Crippen molar-refractivity contribution >= 4 is 35.3 Å². The average molecular weight is 349 g/mol. The van der Waals surface area contributed by atoms with Crippen molar-refractivity contribution in [3.63, 3.8) is 0 Å². The molecule has 0 saturated carbocycles. The number of nitrogens with one attached hydrogen (secondary N) is 1. The number of carbonyl (C=O) groups excluding carboxylic acids is 1. The van der Waals surface area contributed by atoms with Crippen molar-refractivity contribution in [3.05, 3.63) is 69.2 Å². The van der Waals surface area contributed by atoms with Gasteiger partial charge in [-0.25, -0.2) is 5.43 Å². The second-order valence-electron chi connectivity index (χ2n) is 6.17.